The third kappa shape index (κ3) is 3.43. The van der Waals surface area contributed by atoms with Crippen molar-refractivity contribution in [2.45, 2.75) is 23.8 Å². The van der Waals surface area contributed by atoms with Crippen LogP contribution in [0.25, 0.3) is 0 Å². The van der Waals surface area contributed by atoms with Crippen molar-refractivity contribution in [3.8, 4) is 0 Å². The lowest BCUT2D eigenvalue weighted by molar-refractivity contribution is 0.505. The molecule has 0 spiro atoms. The number of aromatic nitrogens is 1. The van der Waals surface area contributed by atoms with E-state index in [2.05, 4.69) is 9.71 Å². The quantitative estimate of drug-likeness (QED) is 0.778. The SMILES string of the molecule is Nc1ccncc1S(=O)(=O)NC1CCS(=O)(=O)CC1. The zero-order valence-electron chi connectivity index (χ0n) is 10.1. The van der Waals surface area contributed by atoms with Crippen molar-refractivity contribution < 1.29 is 16.8 Å². The minimum absolute atomic E-state index is 0.00269. The van der Waals surface area contributed by atoms with Gasteiger partial charge in [0, 0.05) is 18.4 Å². The van der Waals surface area contributed by atoms with Crippen molar-refractivity contribution in [3.05, 3.63) is 18.5 Å². The molecule has 1 aliphatic heterocycles. The van der Waals surface area contributed by atoms with E-state index in [1.807, 2.05) is 0 Å². The van der Waals surface area contributed by atoms with Gasteiger partial charge in [0.1, 0.15) is 14.7 Å². The first kappa shape index (κ1) is 14.2. The molecule has 106 valence electrons. The molecule has 3 N–H and O–H groups in total. The molecule has 7 nitrogen and oxygen atoms in total. The molecule has 0 saturated carbocycles. The molecule has 0 unspecified atom stereocenters. The highest BCUT2D eigenvalue weighted by Crippen LogP contribution is 2.19. The first-order valence-electron chi connectivity index (χ1n) is 5.72. The number of sulfonamides is 1. The molecular weight excluding hydrogens is 290 g/mol. The van der Waals surface area contributed by atoms with Gasteiger partial charge in [-0.2, -0.15) is 0 Å². The molecule has 2 rings (SSSR count). The average molecular weight is 305 g/mol. The Morgan fingerprint density at radius 1 is 1.32 bits per heavy atom. The van der Waals surface area contributed by atoms with Crippen LogP contribution >= 0.6 is 0 Å². The van der Waals surface area contributed by atoms with E-state index in [1.165, 1.54) is 18.5 Å². The third-order valence-corrected chi connectivity index (χ3v) is 6.26. The largest absolute Gasteiger partial charge is 0.398 e. The Bertz CT molecular complexity index is 656. The van der Waals surface area contributed by atoms with E-state index in [1.54, 1.807) is 0 Å². The second-order valence-corrected chi connectivity index (χ2v) is 8.45. The summed E-state index contributed by atoms with van der Waals surface area (Å²) in [5, 5.41) is 0. The molecule has 1 aromatic heterocycles. The van der Waals surface area contributed by atoms with Crippen LogP contribution in [0.15, 0.2) is 23.4 Å². The Hall–Kier alpha value is -1.19. The predicted octanol–water partition coefficient (Wildman–Crippen LogP) is -0.481. The molecular formula is C10H15N3O4S2. The minimum atomic E-state index is -3.76. The fraction of sp³-hybridized carbons (Fsp3) is 0.500. The second kappa shape index (κ2) is 5.06. The van der Waals surface area contributed by atoms with Gasteiger partial charge in [-0.05, 0) is 18.9 Å². The normalized spacial score (nSPS) is 20.2. The first-order chi connectivity index (χ1) is 8.80. The lowest BCUT2D eigenvalue weighted by Gasteiger charge is -2.23. The fourth-order valence-electron chi connectivity index (χ4n) is 1.91. The third-order valence-electron chi connectivity index (χ3n) is 2.98. The van der Waals surface area contributed by atoms with Gasteiger partial charge in [0.15, 0.2) is 0 Å². The van der Waals surface area contributed by atoms with Gasteiger partial charge in [-0.15, -0.1) is 0 Å². The Balaban J connectivity index is 2.13. The molecule has 1 aliphatic rings. The fourth-order valence-corrected chi connectivity index (χ4v) is 4.78. The van der Waals surface area contributed by atoms with Gasteiger partial charge in [-0.3, -0.25) is 4.98 Å². The van der Waals surface area contributed by atoms with Crippen LogP contribution in [0.3, 0.4) is 0 Å². The molecule has 0 atom stereocenters. The maximum atomic E-state index is 12.1. The van der Waals surface area contributed by atoms with Crippen LogP contribution in [0, 0.1) is 0 Å². The van der Waals surface area contributed by atoms with Crippen molar-refractivity contribution in [1.29, 1.82) is 0 Å². The topological polar surface area (TPSA) is 119 Å². The van der Waals surface area contributed by atoms with Crippen LogP contribution in [0.4, 0.5) is 5.69 Å². The number of nitrogens with two attached hydrogens (primary N) is 1. The van der Waals surface area contributed by atoms with Crippen LogP contribution in [-0.2, 0) is 19.9 Å². The summed E-state index contributed by atoms with van der Waals surface area (Å²) in [7, 11) is -6.78. The summed E-state index contributed by atoms with van der Waals surface area (Å²) in [4.78, 5) is 3.65. The van der Waals surface area contributed by atoms with E-state index in [-0.39, 0.29) is 41.0 Å². The summed E-state index contributed by atoms with van der Waals surface area (Å²) >= 11 is 0. The van der Waals surface area contributed by atoms with Crippen LogP contribution in [-0.4, -0.2) is 39.4 Å². The number of anilines is 1. The summed E-state index contributed by atoms with van der Waals surface area (Å²) in [6.07, 6.45) is 3.14. The Morgan fingerprint density at radius 3 is 2.53 bits per heavy atom. The van der Waals surface area contributed by atoms with E-state index in [0.29, 0.717) is 0 Å². The van der Waals surface area contributed by atoms with E-state index in [9.17, 15) is 16.8 Å². The number of nitrogen functional groups attached to an aromatic ring is 1. The van der Waals surface area contributed by atoms with Gasteiger partial charge < -0.3 is 5.73 Å². The molecule has 19 heavy (non-hydrogen) atoms. The number of sulfone groups is 1. The van der Waals surface area contributed by atoms with Crippen molar-refractivity contribution >= 4 is 25.5 Å². The van der Waals surface area contributed by atoms with Crippen LogP contribution in [0.2, 0.25) is 0 Å². The minimum Gasteiger partial charge on any atom is -0.398 e. The molecule has 1 aromatic rings. The molecule has 2 heterocycles. The lowest BCUT2D eigenvalue weighted by Crippen LogP contribution is -2.41. The number of nitrogens with one attached hydrogen (secondary N) is 1. The average Bonchev–Trinajstić information content (AvgIpc) is 2.32. The smallest absolute Gasteiger partial charge is 0.244 e. The van der Waals surface area contributed by atoms with Gasteiger partial charge in [0.2, 0.25) is 10.0 Å². The molecule has 1 fully saturated rings. The first-order valence-corrected chi connectivity index (χ1v) is 9.03. The zero-order valence-corrected chi connectivity index (χ0v) is 11.7. The molecule has 9 heteroatoms. The summed E-state index contributed by atoms with van der Waals surface area (Å²) < 4.78 is 49.2. The monoisotopic (exact) mass is 305 g/mol. The van der Waals surface area contributed by atoms with E-state index in [0.717, 1.165) is 0 Å². The maximum absolute atomic E-state index is 12.1. The van der Waals surface area contributed by atoms with Crippen molar-refractivity contribution in [3.63, 3.8) is 0 Å². The predicted molar refractivity (Wildman–Crippen MR) is 70.6 cm³/mol. The zero-order chi connectivity index (χ0) is 14.1. The van der Waals surface area contributed by atoms with Gasteiger partial charge in [-0.25, -0.2) is 21.6 Å². The highest BCUT2D eigenvalue weighted by molar-refractivity contribution is 7.91. The van der Waals surface area contributed by atoms with Gasteiger partial charge in [-0.1, -0.05) is 0 Å². The van der Waals surface area contributed by atoms with Crippen molar-refractivity contribution in [2.24, 2.45) is 0 Å². The van der Waals surface area contributed by atoms with Crippen molar-refractivity contribution in [1.82, 2.24) is 9.71 Å². The number of pyridine rings is 1. The molecule has 0 aromatic carbocycles. The van der Waals surface area contributed by atoms with Gasteiger partial charge in [0.25, 0.3) is 0 Å². The summed E-state index contributed by atoms with van der Waals surface area (Å²) in [6.45, 7) is 0. The van der Waals surface area contributed by atoms with E-state index >= 15 is 0 Å². The maximum Gasteiger partial charge on any atom is 0.244 e. The Kier molecular flexibility index (Phi) is 3.79. The van der Waals surface area contributed by atoms with Crippen LogP contribution in [0.5, 0.6) is 0 Å². The van der Waals surface area contributed by atoms with Gasteiger partial charge >= 0.3 is 0 Å². The van der Waals surface area contributed by atoms with E-state index in [4.69, 9.17) is 5.73 Å². The number of nitrogens with zero attached hydrogens (tertiary/aromatic N) is 1. The highest BCUT2D eigenvalue weighted by Gasteiger charge is 2.28. The number of rotatable bonds is 3. The van der Waals surface area contributed by atoms with E-state index < -0.39 is 19.9 Å². The van der Waals surface area contributed by atoms with Crippen LogP contribution < -0.4 is 10.5 Å². The molecule has 1 saturated heterocycles. The van der Waals surface area contributed by atoms with Gasteiger partial charge in [0.05, 0.1) is 17.2 Å². The number of hydrogen-bond acceptors (Lipinski definition) is 6. The highest BCUT2D eigenvalue weighted by atomic mass is 32.2. The summed E-state index contributed by atoms with van der Waals surface area (Å²) in [5.74, 6) is 0.00537. The standard InChI is InChI=1S/C10H15N3O4S2/c11-9-1-4-12-7-10(9)19(16,17)13-8-2-5-18(14,15)6-3-8/h1,4,7-8,13H,2-3,5-6H2,(H2,11,12). The molecule has 0 amide bonds. The molecule has 0 radical (unpaired) electrons. The lowest BCUT2D eigenvalue weighted by atomic mass is 10.2. The Morgan fingerprint density at radius 2 is 1.95 bits per heavy atom. The molecule has 0 aliphatic carbocycles. The van der Waals surface area contributed by atoms with Crippen molar-refractivity contribution in [2.75, 3.05) is 17.2 Å². The molecule has 0 bridgehead atoms. The summed E-state index contributed by atoms with van der Waals surface area (Å²) in [5.41, 5.74) is 5.72. The second-order valence-electron chi connectivity index (χ2n) is 4.46. The Labute approximate surface area is 112 Å². The summed E-state index contributed by atoms with van der Waals surface area (Å²) in [6, 6.07) is 1.02. The number of hydrogen-bond donors (Lipinski definition) is 2. The van der Waals surface area contributed by atoms with Crippen LogP contribution in [0.1, 0.15) is 12.8 Å².